The largest absolute Gasteiger partial charge is 0.298 e. The van der Waals surface area contributed by atoms with Crippen LogP contribution < -0.4 is 0 Å². The maximum absolute atomic E-state index is 4.61. The van der Waals surface area contributed by atoms with Gasteiger partial charge in [0, 0.05) is 32.2 Å². The van der Waals surface area contributed by atoms with Gasteiger partial charge in [-0.2, -0.15) is 0 Å². The van der Waals surface area contributed by atoms with Gasteiger partial charge in [-0.1, -0.05) is 61.9 Å². The van der Waals surface area contributed by atoms with Crippen molar-refractivity contribution in [2.24, 2.45) is 0 Å². The molecule has 1 aromatic heterocycles. The smallest absolute Gasteiger partial charge is 0.173 e. The first kappa shape index (κ1) is 20.1. The summed E-state index contributed by atoms with van der Waals surface area (Å²) in [6.07, 6.45) is 11.9. The second-order valence-corrected chi connectivity index (χ2v) is 9.60. The Kier molecular flexibility index (Phi) is 6.14. The fourth-order valence-electron chi connectivity index (χ4n) is 5.87. The van der Waals surface area contributed by atoms with Crippen LogP contribution in [0.1, 0.15) is 86.8 Å². The normalized spacial score (nSPS) is 23.8. The number of aryl methyl sites for hydroxylation is 1. The summed E-state index contributed by atoms with van der Waals surface area (Å²) in [5, 5.41) is 13.3. The molecule has 0 radical (unpaired) electrons. The number of tetrazole rings is 1. The number of hydrogen-bond acceptors (Lipinski definition) is 5. The zero-order valence-electron chi connectivity index (χ0n) is 18.4. The van der Waals surface area contributed by atoms with E-state index in [-0.39, 0.29) is 6.04 Å². The van der Waals surface area contributed by atoms with Crippen LogP contribution in [0.3, 0.4) is 0 Å². The number of benzene rings is 1. The highest BCUT2D eigenvalue weighted by atomic mass is 15.6. The molecule has 2 aromatic rings. The van der Waals surface area contributed by atoms with Crippen LogP contribution in [0.2, 0.25) is 0 Å². The molecule has 2 aliphatic carbocycles. The minimum atomic E-state index is 0.147. The van der Waals surface area contributed by atoms with E-state index in [0.29, 0.717) is 6.04 Å². The molecule has 0 bridgehead atoms. The van der Waals surface area contributed by atoms with Crippen molar-refractivity contribution in [3.63, 3.8) is 0 Å². The molecular formula is C24H36N6. The summed E-state index contributed by atoms with van der Waals surface area (Å²) >= 11 is 0. The number of aromatic nitrogens is 4. The van der Waals surface area contributed by atoms with Gasteiger partial charge in [-0.05, 0) is 48.6 Å². The number of hydrogen-bond donors (Lipinski definition) is 0. The van der Waals surface area contributed by atoms with Crippen molar-refractivity contribution >= 4 is 0 Å². The monoisotopic (exact) mass is 408 g/mol. The second-order valence-electron chi connectivity index (χ2n) is 9.60. The SMILES string of the molecule is Cc1ccc([C@@H](c2nnnn2C2CCCCC2)N2CCN(C3CCCC3)CC2)cc1. The minimum Gasteiger partial charge on any atom is -0.298 e. The van der Waals surface area contributed by atoms with Crippen molar-refractivity contribution < 1.29 is 0 Å². The Morgan fingerprint density at radius 1 is 0.800 bits per heavy atom. The van der Waals surface area contributed by atoms with Gasteiger partial charge in [0.1, 0.15) is 0 Å². The van der Waals surface area contributed by atoms with E-state index in [1.54, 1.807) is 0 Å². The van der Waals surface area contributed by atoms with Gasteiger partial charge in [-0.25, -0.2) is 4.68 Å². The van der Waals surface area contributed by atoms with E-state index >= 15 is 0 Å². The third-order valence-corrected chi connectivity index (χ3v) is 7.63. The fraction of sp³-hybridized carbons (Fsp3) is 0.708. The summed E-state index contributed by atoms with van der Waals surface area (Å²) in [5.74, 6) is 1.04. The third-order valence-electron chi connectivity index (χ3n) is 7.63. The fourth-order valence-corrected chi connectivity index (χ4v) is 5.87. The Morgan fingerprint density at radius 3 is 2.13 bits per heavy atom. The molecule has 162 valence electrons. The molecule has 3 fully saturated rings. The molecule has 30 heavy (non-hydrogen) atoms. The molecule has 1 atom stereocenters. The third kappa shape index (κ3) is 4.17. The van der Waals surface area contributed by atoms with Gasteiger partial charge in [0.05, 0.1) is 12.1 Å². The summed E-state index contributed by atoms with van der Waals surface area (Å²) in [6, 6.07) is 10.4. The predicted molar refractivity (Wildman–Crippen MR) is 118 cm³/mol. The lowest BCUT2D eigenvalue weighted by atomic mass is 9.95. The van der Waals surface area contributed by atoms with E-state index in [9.17, 15) is 0 Å². The number of piperazine rings is 1. The van der Waals surface area contributed by atoms with E-state index in [1.165, 1.54) is 68.9 Å². The Labute approximate surface area is 180 Å². The maximum Gasteiger partial charge on any atom is 0.173 e. The van der Waals surface area contributed by atoms with E-state index in [0.717, 1.165) is 38.0 Å². The average Bonchev–Trinajstić information content (AvgIpc) is 3.49. The molecule has 0 spiro atoms. The Balaban J connectivity index is 1.41. The molecule has 0 unspecified atom stereocenters. The van der Waals surface area contributed by atoms with Crippen LogP contribution in [-0.2, 0) is 0 Å². The maximum atomic E-state index is 4.61. The van der Waals surface area contributed by atoms with Gasteiger partial charge in [-0.3, -0.25) is 9.80 Å². The lowest BCUT2D eigenvalue weighted by Gasteiger charge is -2.41. The van der Waals surface area contributed by atoms with Crippen LogP contribution in [0.4, 0.5) is 0 Å². The summed E-state index contributed by atoms with van der Waals surface area (Å²) in [4.78, 5) is 5.36. The first-order valence-corrected chi connectivity index (χ1v) is 12.1. The molecule has 1 saturated heterocycles. The van der Waals surface area contributed by atoms with E-state index in [4.69, 9.17) is 0 Å². The van der Waals surface area contributed by atoms with Crippen LogP contribution in [0.5, 0.6) is 0 Å². The van der Waals surface area contributed by atoms with Crippen molar-refractivity contribution in [2.75, 3.05) is 26.2 Å². The molecule has 5 rings (SSSR count). The van der Waals surface area contributed by atoms with Crippen LogP contribution in [0.25, 0.3) is 0 Å². The molecule has 0 amide bonds. The summed E-state index contributed by atoms with van der Waals surface area (Å²) in [7, 11) is 0. The quantitative estimate of drug-likeness (QED) is 0.744. The minimum absolute atomic E-state index is 0.147. The highest BCUT2D eigenvalue weighted by Crippen LogP contribution is 2.34. The van der Waals surface area contributed by atoms with Gasteiger partial charge in [-0.15, -0.1) is 5.10 Å². The van der Waals surface area contributed by atoms with Gasteiger partial charge >= 0.3 is 0 Å². The first-order chi connectivity index (χ1) is 14.8. The molecule has 3 aliphatic rings. The average molecular weight is 409 g/mol. The van der Waals surface area contributed by atoms with Gasteiger partial charge in [0.25, 0.3) is 0 Å². The molecule has 6 nitrogen and oxygen atoms in total. The van der Waals surface area contributed by atoms with E-state index < -0.39 is 0 Å². The van der Waals surface area contributed by atoms with Gasteiger partial charge in [0.2, 0.25) is 0 Å². The van der Waals surface area contributed by atoms with Crippen LogP contribution in [0.15, 0.2) is 24.3 Å². The van der Waals surface area contributed by atoms with Gasteiger partial charge < -0.3 is 0 Å². The standard InChI is InChI=1S/C24H36N6/c1-19-11-13-20(14-12-19)23(24-25-26-27-30(24)22-9-3-2-4-10-22)29-17-15-28(16-18-29)21-7-5-6-8-21/h11-14,21-23H,2-10,15-18H2,1H3/t23-/m0/s1. The van der Waals surface area contributed by atoms with Crippen LogP contribution in [-0.4, -0.2) is 62.2 Å². The Bertz CT molecular complexity index is 795. The predicted octanol–water partition coefficient (Wildman–Crippen LogP) is 4.14. The topological polar surface area (TPSA) is 50.1 Å². The Morgan fingerprint density at radius 2 is 1.43 bits per heavy atom. The summed E-state index contributed by atoms with van der Waals surface area (Å²) < 4.78 is 2.17. The van der Waals surface area contributed by atoms with Gasteiger partial charge in [0.15, 0.2) is 5.82 Å². The summed E-state index contributed by atoms with van der Waals surface area (Å²) in [6.45, 7) is 6.67. The molecule has 2 heterocycles. The zero-order chi connectivity index (χ0) is 20.3. The second kappa shape index (κ2) is 9.15. The Hall–Kier alpha value is -1.79. The van der Waals surface area contributed by atoms with Crippen molar-refractivity contribution in [3.05, 3.63) is 41.2 Å². The van der Waals surface area contributed by atoms with Crippen molar-refractivity contribution in [1.29, 1.82) is 0 Å². The lowest BCUT2D eigenvalue weighted by Crippen LogP contribution is -2.51. The van der Waals surface area contributed by atoms with E-state index in [2.05, 4.69) is 61.2 Å². The number of rotatable bonds is 5. The lowest BCUT2D eigenvalue weighted by molar-refractivity contribution is 0.0760. The van der Waals surface area contributed by atoms with Crippen LogP contribution >= 0.6 is 0 Å². The molecule has 2 saturated carbocycles. The highest BCUT2D eigenvalue weighted by molar-refractivity contribution is 5.28. The molecule has 1 aliphatic heterocycles. The van der Waals surface area contributed by atoms with Crippen molar-refractivity contribution in [3.8, 4) is 0 Å². The zero-order valence-corrected chi connectivity index (χ0v) is 18.4. The molecular weight excluding hydrogens is 372 g/mol. The summed E-state index contributed by atoms with van der Waals surface area (Å²) in [5.41, 5.74) is 2.62. The van der Waals surface area contributed by atoms with Crippen molar-refractivity contribution in [1.82, 2.24) is 30.0 Å². The molecule has 1 aromatic carbocycles. The molecule has 0 N–H and O–H groups in total. The number of nitrogens with zero attached hydrogens (tertiary/aromatic N) is 6. The van der Waals surface area contributed by atoms with Crippen molar-refractivity contribution in [2.45, 2.75) is 82.8 Å². The molecule has 6 heteroatoms. The highest BCUT2D eigenvalue weighted by Gasteiger charge is 2.34. The first-order valence-electron chi connectivity index (χ1n) is 12.1. The van der Waals surface area contributed by atoms with Crippen LogP contribution in [0, 0.1) is 6.92 Å². The van der Waals surface area contributed by atoms with E-state index in [1.807, 2.05) is 0 Å².